The van der Waals surface area contributed by atoms with E-state index in [0.29, 0.717) is 5.31 Å². The van der Waals surface area contributed by atoms with Gasteiger partial charge in [-0.25, -0.2) is 0 Å². The van der Waals surface area contributed by atoms with Crippen molar-refractivity contribution in [2.75, 3.05) is 4.90 Å². The summed E-state index contributed by atoms with van der Waals surface area (Å²) in [6, 6.07) is 33.9. The molecule has 3 nitrogen and oxygen atoms in total. The number of amidine groups is 1. The predicted octanol–water partition coefficient (Wildman–Crippen LogP) is 14.1. The highest BCUT2D eigenvalue weighted by molar-refractivity contribution is 7.80. The van der Waals surface area contributed by atoms with Crippen molar-refractivity contribution < 1.29 is 4.57 Å². The normalized spacial score (nSPS) is 21.7. The van der Waals surface area contributed by atoms with Crippen LogP contribution in [0.15, 0.2) is 198 Å². The van der Waals surface area contributed by atoms with Crippen molar-refractivity contribution in [1.29, 1.82) is 0 Å². The SMILES string of the molecule is C=C(/C=C\C=C/C)P(=O)(C1=CCC=CCC1)c1ccc2ccc3c(C4C=CC(c5ccc6c(c5)-c5ccccc5C5=NC7C=CC=CC7N56)=CC4)ccc4ccc1c2c43. The summed E-state index contributed by atoms with van der Waals surface area (Å²) in [4.78, 5) is 7.62. The van der Waals surface area contributed by atoms with Crippen molar-refractivity contribution in [1.82, 2.24) is 0 Å². The predicted molar refractivity (Wildman–Crippen MR) is 253 cm³/mol. The average molecular weight is 781 g/mol. The van der Waals surface area contributed by atoms with Crippen LogP contribution in [0.5, 0.6) is 0 Å². The van der Waals surface area contributed by atoms with Gasteiger partial charge in [-0.05, 0) is 111 Å². The molecule has 0 bridgehead atoms. The van der Waals surface area contributed by atoms with Gasteiger partial charge in [0, 0.05) is 27.7 Å². The first-order chi connectivity index (χ1) is 29.0. The fourth-order valence-electron chi connectivity index (χ4n) is 10.2. The molecule has 286 valence electrons. The number of nitrogens with zero attached hydrogens (tertiary/aromatic N) is 2. The van der Waals surface area contributed by atoms with Crippen LogP contribution >= 0.6 is 7.14 Å². The van der Waals surface area contributed by atoms with Gasteiger partial charge in [0.25, 0.3) is 0 Å². The Kier molecular flexibility index (Phi) is 8.64. The quantitative estimate of drug-likeness (QED) is 0.0699. The zero-order valence-electron chi connectivity index (χ0n) is 33.3. The summed E-state index contributed by atoms with van der Waals surface area (Å²) in [7, 11) is -3.20. The van der Waals surface area contributed by atoms with Crippen LogP contribution in [0.25, 0.3) is 49.0 Å². The lowest BCUT2D eigenvalue weighted by molar-refractivity contribution is 0.588. The molecule has 0 fully saturated rings. The van der Waals surface area contributed by atoms with Crippen molar-refractivity contribution in [3.8, 4) is 11.1 Å². The summed E-state index contributed by atoms with van der Waals surface area (Å²) in [6.07, 6.45) is 33.7. The molecule has 6 aromatic rings. The molecule has 4 atom stereocenters. The van der Waals surface area contributed by atoms with E-state index >= 15 is 4.57 Å². The van der Waals surface area contributed by atoms with Gasteiger partial charge in [-0.1, -0.05) is 164 Å². The standard InChI is InChI=1S/C55H45N2OP/c1-3-4-7-14-36(2)59(58,42-15-8-5-6-9-16-42)52-34-29-40-26-31-45-43(30-25-39-27-32-47(52)54(40)53(39)45)38-23-21-37(22-24-38)41-28-33-50-48(35-41)44-17-10-11-18-46(44)55-56-49-19-12-13-20-51(49)57(50)55/h3-7,10-15,17-23,25-35,38,49,51H,2,8-9,16,24H2,1H3/b4-3-,14-7-. The van der Waals surface area contributed by atoms with Crippen molar-refractivity contribution in [3.63, 3.8) is 0 Å². The minimum atomic E-state index is -3.20. The van der Waals surface area contributed by atoms with Gasteiger partial charge in [-0.2, -0.15) is 0 Å². The molecule has 6 aromatic carbocycles. The summed E-state index contributed by atoms with van der Waals surface area (Å²) in [5, 5.41) is 9.74. The topological polar surface area (TPSA) is 32.7 Å². The van der Waals surface area contributed by atoms with E-state index in [4.69, 9.17) is 4.99 Å². The summed E-state index contributed by atoms with van der Waals surface area (Å²) in [5.41, 5.74) is 8.75. The number of rotatable bonds is 7. The maximum absolute atomic E-state index is 15.8. The number of benzene rings is 6. The Morgan fingerprint density at radius 1 is 0.814 bits per heavy atom. The number of allylic oxidation sites excluding steroid dienone is 15. The van der Waals surface area contributed by atoms with E-state index in [-0.39, 0.29) is 18.0 Å². The Hall–Kier alpha value is -6.28. The van der Waals surface area contributed by atoms with Gasteiger partial charge in [0.15, 0.2) is 7.14 Å². The van der Waals surface area contributed by atoms with Crippen LogP contribution in [-0.2, 0) is 4.57 Å². The zero-order valence-corrected chi connectivity index (χ0v) is 34.2. The van der Waals surface area contributed by atoms with E-state index < -0.39 is 7.14 Å². The smallest absolute Gasteiger partial charge is 0.166 e. The van der Waals surface area contributed by atoms with Crippen molar-refractivity contribution in [2.45, 2.75) is 50.6 Å². The molecule has 4 unspecified atom stereocenters. The number of hydrogen-bond acceptors (Lipinski definition) is 3. The average Bonchev–Trinajstić information content (AvgIpc) is 3.46. The number of hydrogen-bond donors (Lipinski definition) is 0. The summed E-state index contributed by atoms with van der Waals surface area (Å²) in [6.45, 7) is 6.48. The van der Waals surface area contributed by atoms with Gasteiger partial charge in [0.1, 0.15) is 5.84 Å². The molecule has 0 radical (unpaired) electrons. The largest absolute Gasteiger partial charge is 0.316 e. The first-order valence-electron chi connectivity index (χ1n) is 21.0. The van der Waals surface area contributed by atoms with Crippen LogP contribution in [0.1, 0.15) is 55.2 Å². The third-order valence-electron chi connectivity index (χ3n) is 13.1. The van der Waals surface area contributed by atoms with Crippen LogP contribution in [0.3, 0.4) is 0 Å². The summed E-state index contributed by atoms with van der Waals surface area (Å²) >= 11 is 0. The fraction of sp³-hybridized carbons (Fsp3) is 0.145. The summed E-state index contributed by atoms with van der Waals surface area (Å²) in [5.74, 6) is 1.31. The number of anilines is 1. The lowest BCUT2D eigenvalue weighted by atomic mass is 9.83. The maximum atomic E-state index is 15.8. The van der Waals surface area contributed by atoms with Crippen LogP contribution in [0.4, 0.5) is 5.69 Å². The highest BCUT2D eigenvalue weighted by Crippen LogP contribution is 2.63. The van der Waals surface area contributed by atoms with E-state index in [1.54, 1.807) is 0 Å². The molecule has 59 heavy (non-hydrogen) atoms. The van der Waals surface area contributed by atoms with Crippen LogP contribution in [0.2, 0.25) is 0 Å². The Balaban J connectivity index is 0.963. The lowest BCUT2D eigenvalue weighted by Gasteiger charge is -2.35. The van der Waals surface area contributed by atoms with Gasteiger partial charge in [0.2, 0.25) is 0 Å². The molecular formula is C55H45N2OP. The van der Waals surface area contributed by atoms with Gasteiger partial charge < -0.3 is 9.46 Å². The molecule has 11 rings (SSSR count). The second-order valence-electron chi connectivity index (χ2n) is 16.3. The Morgan fingerprint density at radius 2 is 1.61 bits per heavy atom. The second-order valence-corrected chi connectivity index (χ2v) is 19.1. The molecule has 0 aromatic heterocycles. The molecular weight excluding hydrogens is 736 g/mol. The Bertz CT molecular complexity index is 3090. The Labute approximate surface area is 346 Å². The molecule has 3 aliphatic carbocycles. The van der Waals surface area contributed by atoms with E-state index in [0.717, 1.165) is 47.5 Å². The van der Waals surface area contributed by atoms with Crippen molar-refractivity contribution >= 4 is 61.9 Å². The highest BCUT2D eigenvalue weighted by Gasteiger charge is 2.40. The molecule has 0 amide bonds. The third kappa shape index (κ3) is 5.63. The fourth-order valence-corrected chi connectivity index (χ4v) is 13.1. The maximum Gasteiger partial charge on any atom is 0.166 e. The van der Waals surface area contributed by atoms with E-state index in [2.05, 4.69) is 163 Å². The van der Waals surface area contributed by atoms with E-state index in [9.17, 15) is 0 Å². The van der Waals surface area contributed by atoms with Crippen LogP contribution in [0, 0.1) is 0 Å². The zero-order chi connectivity index (χ0) is 39.7. The minimum absolute atomic E-state index is 0.135. The van der Waals surface area contributed by atoms with Crippen molar-refractivity contribution in [3.05, 3.63) is 210 Å². The second kappa shape index (κ2) is 14.2. The Morgan fingerprint density at radius 3 is 2.46 bits per heavy atom. The molecule has 0 saturated heterocycles. The minimum Gasteiger partial charge on any atom is -0.316 e. The molecule has 0 N–H and O–H groups in total. The van der Waals surface area contributed by atoms with E-state index in [1.807, 2.05) is 31.2 Å². The number of aliphatic imine (C=N–C) groups is 1. The van der Waals surface area contributed by atoms with Crippen LogP contribution < -0.4 is 10.2 Å². The monoisotopic (exact) mass is 780 g/mol. The van der Waals surface area contributed by atoms with Crippen LogP contribution in [-0.4, -0.2) is 17.9 Å². The van der Waals surface area contributed by atoms with Crippen molar-refractivity contribution in [2.24, 2.45) is 4.99 Å². The molecule has 2 aliphatic heterocycles. The molecule has 4 heteroatoms. The van der Waals surface area contributed by atoms with E-state index in [1.165, 1.54) is 66.0 Å². The third-order valence-corrected chi connectivity index (χ3v) is 16.3. The molecule has 0 spiro atoms. The van der Waals surface area contributed by atoms with Gasteiger partial charge in [-0.3, -0.25) is 4.99 Å². The number of fused-ring (bicyclic) bond motifs is 8. The molecule has 2 heterocycles. The first kappa shape index (κ1) is 35.8. The van der Waals surface area contributed by atoms with Gasteiger partial charge in [-0.15, -0.1) is 0 Å². The first-order valence-corrected chi connectivity index (χ1v) is 22.7. The lowest BCUT2D eigenvalue weighted by Crippen LogP contribution is -2.41. The highest BCUT2D eigenvalue weighted by atomic mass is 31.2. The van der Waals surface area contributed by atoms with Gasteiger partial charge >= 0.3 is 0 Å². The summed E-state index contributed by atoms with van der Waals surface area (Å²) < 4.78 is 15.8. The van der Waals surface area contributed by atoms with Gasteiger partial charge in [0.05, 0.1) is 17.8 Å². The molecule has 5 aliphatic rings. The molecule has 0 saturated carbocycles.